The molecule has 0 bridgehead atoms. The first-order chi connectivity index (χ1) is 31.3. The molecule has 3 aromatic heterocycles. The molecule has 3 atom stereocenters. The van der Waals surface area contributed by atoms with Gasteiger partial charge in [0, 0.05) is 97.1 Å². The molecule has 7 aromatic rings. The number of piperazine rings is 1. The minimum atomic E-state index is -0.176. The predicted molar refractivity (Wildman–Crippen MR) is 262 cm³/mol. The zero-order valence-corrected chi connectivity index (χ0v) is 38.7. The molecule has 326 valence electrons. The molecule has 4 aromatic carbocycles. The van der Waals surface area contributed by atoms with E-state index in [-0.39, 0.29) is 12.0 Å². The van der Waals surface area contributed by atoms with Gasteiger partial charge in [0.15, 0.2) is 5.82 Å². The highest BCUT2D eigenvalue weighted by Gasteiger charge is 2.34. The monoisotopic (exact) mass is 884 g/mol. The van der Waals surface area contributed by atoms with E-state index in [4.69, 9.17) is 4.99 Å². The van der Waals surface area contributed by atoms with E-state index in [0.29, 0.717) is 18.1 Å². The van der Waals surface area contributed by atoms with Gasteiger partial charge in [-0.3, -0.25) is 14.5 Å². The molecule has 1 N–H and O–H groups in total. The normalized spacial score (nSPS) is 20.4. The topological polar surface area (TPSA) is 85.9 Å². The highest BCUT2D eigenvalue weighted by Crippen LogP contribution is 2.47. The maximum absolute atomic E-state index is 10.3. The molecule has 0 unspecified atom stereocenters. The standard InChI is InChI=1S/C53H56N8OS2/c1-34-35(2)64-53-49(34)51(55-47(32-48-54-23-30-63-48)52-57-56-36(3)61(52)53)40-11-16-43(17-12-40)60-28-26-58(27-29-60)33-37-21-24-59(25-22-37)42-14-9-39(10-15-42)50-45(38-7-5-4-6-8-38)19-13-41-31-44(62)18-20-46(41)50/h4-12,14-18,20,23,30-31,37,45,47,50,62H,13,19,21-22,24-29,32-33H2,1-3H3/t45-,47+,50+/m1/s1. The SMILES string of the molecule is Cc1sc2c(c1C)C(c1ccc(N3CCN(CC4CCN(c5ccc([C@@H]6c7ccc(O)cc7CC[C@@H]6c6ccccc6)cc5)CC4)CC3)cc1)=N[C@@H](Cc1nccs1)c1nnc(C)n1-2. The molecule has 0 saturated carbocycles. The second-order valence-electron chi connectivity index (χ2n) is 18.3. The number of hydrogen-bond donors (Lipinski definition) is 1. The van der Waals surface area contributed by atoms with Crippen LogP contribution in [0.25, 0.3) is 5.00 Å². The lowest BCUT2D eigenvalue weighted by atomic mass is 9.69. The number of fused-ring (bicyclic) bond motifs is 4. The summed E-state index contributed by atoms with van der Waals surface area (Å²) >= 11 is 3.48. The smallest absolute Gasteiger partial charge is 0.163 e. The number of thiazole rings is 1. The van der Waals surface area contributed by atoms with E-state index >= 15 is 0 Å². The van der Waals surface area contributed by atoms with Crippen molar-refractivity contribution in [3.05, 3.63) is 169 Å². The highest BCUT2D eigenvalue weighted by atomic mass is 32.1. The third-order valence-corrected chi connectivity index (χ3v) is 16.5. The van der Waals surface area contributed by atoms with Crippen LogP contribution in [0.4, 0.5) is 11.4 Å². The molecule has 6 heterocycles. The second-order valence-corrected chi connectivity index (χ2v) is 20.5. The third-order valence-electron chi connectivity index (χ3n) is 14.5. The Morgan fingerprint density at radius 2 is 1.48 bits per heavy atom. The molecule has 3 aliphatic heterocycles. The Kier molecular flexibility index (Phi) is 11.2. The van der Waals surface area contributed by atoms with Crippen LogP contribution in [0.15, 0.2) is 114 Å². The third kappa shape index (κ3) is 7.85. The van der Waals surface area contributed by atoms with E-state index < -0.39 is 0 Å². The van der Waals surface area contributed by atoms with Crippen molar-refractivity contribution in [1.82, 2.24) is 24.6 Å². The van der Waals surface area contributed by atoms with Gasteiger partial charge in [-0.1, -0.05) is 60.7 Å². The number of benzene rings is 4. The van der Waals surface area contributed by atoms with Gasteiger partial charge in [0.1, 0.15) is 22.6 Å². The molecule has 2 saturated heterocycles. The average molecular weight is 885 g/mol. The van der Waals surface area contributed by atoms with E-state index in [1.165, 1.54) is 69.0 Å². The molecular weight excluding hydrogens is 829 g/mol. The number of aromatic nitrogens is 4. The van der Waals surface area contributed by atoms with Gasteiger partial charge in [0.05, 0.1) is 10.7 Å². The van der Waals surface area contributed by atoms with Crippen molar-refractivity contribution in [3.8, 4) is 10.8 Å². The molecule has 11 rings (SSSR count). The van der Waals surface area contributed by atoms with Crippen LogP contribution in [0.3, 0.4) is 0 Å². The van der Waals surface area contributed by atoms with Crippen molar-refractivity contribution in [2.45, 2.75) is 70.8 Å². The molecule has 0 radical (unpaired) electrons. The number of phenols is 1. The molecule has 0 spiro atoms. The molecule has 11 heteroatoms. The highest BCUT2D eigenvalue weighted by molar-refractivity contribution is 7.15. The van der Waals surface area contributed by atoms with Gasteiger partial charge in [-0.05, 0) is 123 Å². The van der Waals surface area contributed by atoms with E-state index in [2.05, 4.69) is 133 Å². The van der Waals surface area contributed by atoms with E-state index in [9.17, 15) is 5.11 Å². The lowest BCUT2D eigenvalue weighted by Gasteiger charge is -2.40. The number of aromatic hydroxyl groups is 1. The van der Waals surface area contributed by atoms with Crippen LogP contribution in [0.1, 0.15) is 97.6 Å². The first kappa shape index (κ1) is 41.1. The number of piperidine rings is 1. The summed E-state index contributed by atoms with van der Waals surface area (Å²) in [7, 11) is 0. The first-order valence-corrected chi connectivity index (χ1v) is 24.8. The zero-order valence-electron chi connectivity index (χ0n) is 37.0. The molecule has 1 aliphatic carbocycles. The van der Waals surface area contributed by atoms with Gasteiger partial charge < -0.3 is 14.9 Å². The van der Waals surface area contributed by atoms with Crippen molar-refractivity contribution < 1.29 is 5.11 Å². The van der Waals surface area contributed by atoms with Crippen molar-refractivity contribution in [1.29, 1.82) is 0 Å². The van der Waals surface area contributed by atoms with Crippen molar-refractivity contribution in [2.75, 3.05) is 55.6 Å². The number of hydrogen-bond acceptors (Lipinski definition) is 10. The first-order valence-electron chi connectivity index (χ1n) is 23.1. The molecule has 4 aliphatic rings. The Morgan fingerprint density at radius 1 is 0.750 bits per heavy atom. The average Bonchev–Trinajstić information content (AvgIpc) is 4.04. The van der Waals surface area contributed by atoms with Gasteiger partial charge in [-0.25, -0.2) is 4.98 Å². The molecule has 64 heavy (non-hydrogen) atoms. The van der Waals surface area contributed by atoms with Crippen LogP contribution in [0.5, 0.6) is 5.75 Å². The second kappa shape index (κ2) is 17.4. The van der Waals surface area contributed by atoms with Crippen LogP contribution in [-0.2, 0) is 12.8 Å². The summed E-state index contributed by atoms with van der Waals surface area (Å²) in [6.07, 6.45) is 7.11. The van der Waals surface area contributed by atoms with Crippen molar-refractivity contribution >= 4 is 39.8 Å². The lowest BCUT2D eigenvalue weighted by molar-refractivity contribution is 0.201. The quantitative estimate of drug-likeness (QED) is 0.155. The summed E-state index contributed by atoms with van der Waals surface area (Å²) in [6.45, 7) is 14.1. The summed E-state index contributed by atoms with van der Waals surface area (Å²) in [4.78, 5) is 19.3. The fraction of sp³-hybridized carbons (Fsp3) is 0.358. The van der Waals surface area contributed by atoms with Gasteiger partial charge in [-0.15, -0.1) is 32.9 Å². The summed E-state index contributed by atoms with van der Waals surface area (Å²) < 4.78 is 2.23. The van der Waals surface area contributed by atoms with Crippen LogP contribution < -0.4 is 9.80 Å². The predicted octanol–water partition coefficient (Wildman–Crippen LogP) is 10.5. The number of nitrogens with zero attached hydrogens (tertiary/aromatic N) is 8. The minimum absolute atomic E-state index is 0.176. The Bertz CT molecular complexity index is 2760. The van der Waals surface area contributed by atoms with E-state index in [1.54, 1.807) is 11.3 Å². The molecular formula is C53H56N8OS2. The number of anilines is 2. The van der Waals surface area contributed by atoms with Crippen LogP contribution in [0.2, 0.25) is 0 Å². The number of thiophene rings is 1. The van der Waals surface area contributed by atoms with Gasteiger partial charge in [0.2, 0.25) is 0 Å². The Morgan fingerprint density at radius 3 is 2.22 bits per heavy atom. The Labute approximate surface area is 384 Å². The van der Waals surface area contributed by atoms with Gasteiger partial charge in [-0.2, -0.15) is 0 Å². The lowest BCUT2D eigenvalue weighted by Crippen LogP contribution is -2.49. The van der Waals surface area contributed by atoms with Gasteiger partial charge >= 0.3 is 0 Å². The molecule has 2 fully saturated rings. The maximum atomic E-state index is 10.3. The van der Waals surface area contributed by atoms with Crippen LogP contribution in [-0.4, -0.2) is 81.3 Å². The molecule has 0 amide bonds. The zero-order chi connectivity index (χ0) is 43.3. The summed E-state index contributed by atoms with van der Waals surface area (Å²) in [6, 6.07) is 35.5. The van der Waals surface area contributed by atoms with Crippen molar-refractivity contribution in [2.24, 2.45) is 10.9 Å². The number of phenolic OH excluding ortho intramolecular Hbond substituents is 1. The van der Waals surface area contributed by atoms with Crippen molar-refractivity contribution in [3.63, 3.8) is 0 Å². The summed E-state index contributed by atoms with van der Waals surface area (Å²) in [5.74, 6) is 3.57. The van der Waals surface area contributed by atoms with E-state index in [1.807, 2.05) is 42.0 Å². The summed E-state index contributed by atoms with van der Waals surface area (Å²) in [5.41, 5.74) is 12.7. The Balaban J connectivity index is 0.717. The van der Waals surface area contributed by atoms with E-state index in [0.717, 1.165) is 91.0 Å². The fourth-order valence-electron chi connectivity index (χ4n) is 11.0. The fourth-order valence-corrected chi connectivity index (χ4v) is 12.8. The van der Waals surface area contributed by atoms with Crippen LogP contribution in [0, 0.1) is 26.7 Å². The molecule has 9 nitrogen and oxygen atoms in total. The maximum Gasteiger partial charge on any atom is 0.163 e. The largest absolute Gasteiger partial charge is 0.508 e. The number of rotatable bonds is 9. The Hall–Kier alpha value is -5.62. The number of aliphatic imine (C=N–C) groups is 1. The minimum Gasteiger partial charge on any atom is -0.508 e. The van der Waals surface area contributed by atoms with Gasteiger partial charge in [0.25, 0.3) is 0 Å². The number of aryl methyl sites for hydroxylation is 3. The summed E-state index contributed by atoms with van der Waals surface area (Å²) in [5, 5.41) is 23.7. The van der Waals surface area contributed by atoms with Crippen LogP contribution >= 0.6 is 22.7 Å².